The predicted molar refractivity (Wildman–Crippen MR) is 232 cm³/mol. The van der Waals surface area contributed by atoms with Gasteiger partial charge in [0.15, 0.2) is 11.4 Å². The Morgan fingerprint density at radius 3 is 1.88 bits per heavy atom. The van der Waals surface area contributed by atoms with E-state index in [1.165, 1.54) is 16.2 Å². The molecule has 5 heterocycles. The molecule has 6 nitrogen and oxygen atoms in total. The first-order valence-electron chi connectivity index (χ1n) is 19.1. The van der Waals surface area contributed by atoms with Crippen molar-refractivity contribution in [2.75, 3.05) is 0 Å². The molecule has 0 atom stereocenters. The van der Waals surface area contributed by atoms with Crippen LogP contribution >= 0.6 is 0 Å². The molecular formula is C51H31N5O. The van der Waals surface area contributed by atoms with Crippen molar-refractivity contribution in [2.45, 2.75) is 0 Å². The standard InChI is InChI=1S/C51H31N5O/c1-3-12-32(13-4-1)42-31-49(54-51(53-42)33-14-5-2-6-15-33)56-44-19-10-8-17-38(44)40-28-34(22-25-45(40)56)35-21-24-39-37-16-7-9-18-43(37)55(46(39)29-35)36-23-26-47-41(30-36)50-48(57-47)20-11-27-52-50/h1-31H. The Hall–Kier alpha value is -7.83. The number of aromatic nitrogens is 5. The Balaban J connectivity index is 1.05. The number of benzene rings is 7. The summed E-state index contributed by atoms with van der Waals surface area (Å²) in [5.41, 5.74) is 13.2. The Morgan fingerprint density at radius 1 is 0.386 bits per heavy atom. The zero-order valence-corrected chi connectivity index (χ0v) is 30.5. The molecule has 0 fully saturated rings. The molecule has 0 saturated carbocycles. The monoisotopic (exact) mass is 729 g/mol. The largest absolute Gasteiger partial charge is 0.454 e. The van der Waals surface area contributed by atoms with Gasteiger partial charge in [-0.1, -0.05) is 115 Å². The molecule has 0 aliphatic carbocycles. The van der Waals surface area contributed by atoms with Crippen LogP contribution in [0.25, 0.3) is 111 Å². The van der Waals surface area contributed by atoms with Gasteiger partial charge in [-0.15, -0.1) is 0 Å². The summed E-state index contributed by atoms with van der Waals surface area (Å²) in [5.74, 6) is 1.51. The lowest BCUT2D eigenvalue weighted by atomic mass is 10.0. The second-order valence-electron chi connectivity index (χ2n) is 14.5. The van der Waals surface area contributed by atoms with E-state index in [1.807, 2.05) is 42.6 Å². The Labute approximate surface area is 326 Å². The minimum Gasteiger partial charge on any atom is -0.454 e. The van der Waals surface area contributed by atoms with Crippen molar-refractivity contribution in [3.8, 4) is 45.3 Å². The van der Waals surface area contributed by atoms with E-state index in [-0.39, 0.29) is 0 Å². The molecule has 266 valence electrons. The number of nitrogens with zero attached hydrogens (tertiary/aromatic N) is 5. The van der Waals surface area contributed by atoms with E-state index in [0.29, 0.717) is 5.82 Å². The van der Waals surface area contributed by atoms with Gasteiger partial charge in [-0.2, -0.15) is 0 Å². The highest BCUT2D eigenvalue weighted by Gasteiger charge is 2.19. The van der Waals surface area contributed by atoms with Gasteiger partial charge in [0.05, 0.1) is 27.8 Å². The first-order valence-corrected chi connectivity index (χ1v) is 19.1. The van der Waals surface area contributed by atoms with Crippen LogP contribution in [0.3, 0.4) is 0 Å². The fraction of sp³-hybridized carbons (Fsp3) is 0. The molecular weight excluding hydrogens is 699 g/mol. The van der Waals surface area contributed by atoms with Crippen molar-refractivity contribution in [1.82, 2.24) is 24.1 Å². The number of hydrogen-bond donors (Lipinski definition) is 0. The van der Waals surface area contributed by atoms with Gasteiger partial charge in [-0.3, -0.25) is 9.55 Å². The predicted octanol–water partition coefficient (Wildman–Crippen LogP) is 13.0. The summed E-state index contributed by atoms with van der Waals surface area (Å²) in [6.07, 6.45) is 1.82. The van der Waals surface area contributed by atoms with Gasteiger partial charge in [0, 0.05) is 56.0 Å². The third-order valence-corrected chi connectivity index (χ3v) is 11.2. The highest BCUT2D eigenvalue weighted by molar-refractivity contribution is 6.13. The van der Waals surface area contributed by atoms with Crippen LogP contribution in [0.5, 0.6) is 0 Å². The topological polar surface area (TPSA) is 61.7 Å². The first-order chi connectivity index (χ1) is 28.2. The van der Waals surface area contributed by atoms with Crippen molar-refractivity contribution in [3.63, 3.8) is 0 Å². The molecule has 57 heavy (non-hydrogen) atoms. The molecule has 5 aromatic heterocycles. The third kappa shape index (κ3) is 4.94. The van der Waals surface area contributed by atoms with Gasteiger partial charge < -0.3 is 8.98 Å². The first kappa shape index (κ1) is 31.5. The number of hydrogen-bond acceptors (Lipinski definition) is 4. The smallest absolute Gasteiger partial charge is 0.162 e. The van der Waals surface area contributed by atoms with Gasteiger partial charge >= 0.3 is 0 Å². The summed E-state index contributed by atoms with van der Waals surface area (Å²) in [5, 5.41) is 5.74. The van der Waals surface area contributed by atoms with Crippen molar-refractivity contribution < 1.29 is 4.42 Å². The lowest BCUT2D eigenvalue weighted by molar-refractivity contribution is 0.668. The van der Waals surface area contributed by atoms with Gasteiger partial charge in [0.25, 0.3) is 0 Å². The van der Waals surface area contributed by atoms with Crippen LogP contribution in [0.15, 0.2) is 193 Å². The summed E-state index contributed by atoms with van der Waals surface area (Å²) in [4.78, 5) is 14.9. The van der Waals surface area contributed by atoms with Crippen molar-refractivity contribution >= 4 is 65.7 Å². The van der Waals surface area contributed by atoms with Crippen LogP contribution in [0.2, 0.25) is 0 Å². The molecule has 0 spiro atoms. The van der Waals surface area contributed by atoms with Crippen LogP contribution in [0.1, 0.15) is 0 Å². The van der Waals surface area contributed by atoms with E-state index in [4.69, 9.17) is 14.4 Å². The van der Waals surface area contributed by atoms with E-state index in [0.717, 1.165) is 89.0 Å². The van der Waals surface area contributed by atoms with Crippen molar-refractivity contribution in [1.29, 1.82) is 0 Å². The number of rotatable bonds is 5. The summed E-state index contributed by atoms with van der Waals surface area (Å²) in [6.45, 7) is 0. The summed E-state index contributed by atoms with van der Waals surface area (Å²) < 4.78 is 10.8. The Morgan fingerprint density at radius 2 is 1.05 bits per heavy atom. The number of para-hydroxylation sites is 2. The van der Waals surface area contributed by atoms with Crippen molar-refractivity contribution in [3.05, 3.63) is 188 Å². The molecule has 6 heteroatoms. The molecule has 0 radical (unpaired) electrons. The van der Waals surface area contributed by atoms with Crippen LogP contribution in [0.4, 0.5) is 0 Å². The second kappa shape index (κ2) is 12.3. The molecule has 0 aliphatic rings. The van der Waals surface area contributed by atoms with Crippen LogP contribution < -0.4 is 0 Å². The van der Waals surface area contributed by atoms with Crippen LogP contribution in [-0.2, 0) is 0 Å². The zero-order chi connectivity index (χ0) is 37.5. The van der Waals surface area contributed by atoms with E-state index >= 15 is 0 Å². The maximum absolute atomic E-state index is 6.14. The van der Waals surface area contributed by atoms with E-state index in [9.17, 15) is 0 Å². The van der Waals surface area contributed by atoms with Gasteiger partial charge in [-0.25, -0.2) is 9.97 Å². The summed E-state index contributed by atoms with van der Waals surface area (Å²) in [7, 11) is 0. The molecule has 12 aromatic rings. The van der Waals surface area contributed by atoms with Crippen molar-refractivity contribution in [2.24, 2.45) is 0 Å². The number of pyridine rings is 1. The van der Waals surface area contributed by atoms with Gasteiger partial charge in [0.1, 0.15) is 16.9 Å². The molecule has 0 bridgehead atoms. The minimum absolute atomic E-state index is 0.689. The summed E-state index contributed by atoms with van der Waals surface area (Å²) >= 11 is 0. The van der Waals surface area contributed by atoms with Crippen LogP contribution in [-0.4, -0.2) is 24.1 Å². The SMILES string of the molecule is c1ccc(-c2cc(-n3c4ccccc4c4cc(-c5ccc6c7ccccc7n(-c7ccc8oc9cccnc9c8c7)c6c5)ccc43)nc(-c3ccccc3)n2)cc1. The van der Waals surface area contributed by atoms with Gasteiger partial charge in [0.2, 0.25) is 0 Å². The fourth-order valence-corrected chi connectivity index (χ4v) is 8.57. The lowest BCUT2D eigenvalue weighted by Gasteiger charge is -2.12. The third-order valence-electron chi connectivity index (χ3n) is 11.2. The van der Waals surface area contributed by atoms with E-state index in [2.05, 4.69) is 160 Å². The Kier molecular flexibility index (Phi) is 6.83. The molecule has 12 rings (SSSR count). The molecule has 0 N–H and O–H groups in total. The minimum atomic E-state index is 0.689. The molecule has 0 amide bonds. The Bertz CT molecular complexity index is 3470. The maximum Gasteiger partial charge on any atom is 0.162 e. The lowest BCUT2D eigenvalue weighted by Crippen LogP contribution is -2.02. The average molecular weight is 730 g/mol. The molecule has 0 aliphatic heterocycles. The normalized spacial score (nSPS) is 11.9. The highest BCUT2D eigenvalue weighted by Crippen LogP contribution is 2.39. The van der Waals surface area contributed by atoms with E-state index in [1.54, 1.807) is 0 Å². The number of fused-ring (bicyclic) bond motifs is 9. The second-order valence-corrected chi connectivity index (χ2v) is 14.5. The molecule has 0 saturated heterocycles. The highest BCUT2D eigenvalue weighted by atomic mass is 16.3. The zero-order valence-electron chi connectivity index (χ0n) is 30.5. The molecule has 7 aromatic carbocycles. The van der Waals surface area contributed by atoms with E-state index < -0.39 is 0 Å². The van der Waals surface area contributed by atoms with Crippen LogP contribution in [0, 0.1) is 0 Å². The molecule has 0 unspecified atom stereocenters. The van der Waals surface area contributed by atoms with Gasteiger partial charge in [-0.05, 0) is 71.8 Å². The quantitative estimate of drug-likeness (QED) is 0.177. The fourth-order valence-electron chi connectivity index (χ4n) is 8.57. The number of furan rings is 1. The maximum atomic E-state index is 6.14. The average Bonchev–Trinajstić information content (AvgIpc) is 3.94. The summed E-state index contributed by atoms with van der Waals surface area (Å²) in [6, 6.07) is 63.8.